The predicted octanol–water partition coefficient (Wildman–Crippen LogP) is 2.93. The lowest BCUT2D eigenvalue weighted by molar-refractivity contribution is -0.136. The van der Waals surface area contributed by atoms with Crippen LogP contribution in [0.4, 0.5) is 0 Å². The maximum Gasteiger partial charge on any atom is 0.254 e. The van der Waals surface area contributed by atoms with Gasteiger partial charge in [-0.15, -0.1) is 0 Å². The highest BCUT2D eigenvalue weighted by atomic mass is 16.5. The van der Waals surface area contributed by atoms with Crippen molar-refractivity contribution in [2.24, 2.45) is 0 Å². The summed E-state index contributed by atoms with van der Waals surface area (Å²) in [6.07, 6.45) is 6.74. The maximum absolute atomic E-state index is 13.6. The Morgan fingerprint density at radius 1 is 1.13 bits per heavy atom. The third-order valence-corrected chi connectivity index (χ3v) is 6.27. The number of fused-ring (bicyclic) bond motifs is 1. The number of carbonyl (C=O) groups excluding carboxylic acids is 2. The van der Waals surface area contributed by atoms with Gasteiger partial charge in [-0.3, -0.25) is 14.6 Å². The SMILES string of the molecule is COc1cccc(C(=O)N2CCCC2C(=O)N2CCCC2c2nc3ccncc3[nH]2)c1. The monoisotopic (exact) mass is 419 g/mol. The second-order valence-electron chi connectivity index (χ2n) is 8.09. The molecule has 2 saturated heterocycles. The van der Waals surface area contributed by atoms with Crippen molar-refractivity contribution in [3.63, 3.8) is 0 Å². The first-order valence-electron chi connectivity index (χ1n) is 10.7. The topological polar surface area (TPSA) is 91.4 Å². The van der Waals surface area contributed by atoms with Gasteiger partial charge in [0.2, 0.25) is 5.91 Å². The first kappa shape index (κ1) is 19.5. The minimum atomic E-state index is -0.439. The van der Waals surface area contributed by atoms with E-state index in [4.69, 9.17) is 9.72 Å². The van der Waals surface area contributed by atoms with Crippen LogP contribution in [0.2, 0.25) is 0 Å². The Balaban J connectivity index is 1.38. The fourth-order valence-corrected chi connectivity index (χ4v) is 4.73. The summed E-state index contributed by atoms with van der Waals surface area (Å²) in [5, 5.41) is 0. The van der Waals surface area contributed by atoms with Crippen molar-refractivity contribution in [1.29, 1.82) is 0 Å². The van der Waals surface area contributed by atoms with Gasteiger partial charge in [-0.25, -0.2) is 4.98 Å². The highest BCUT2D eigenvalue weighted by molar-refractivity contribution is 5.98. The normalized spacial score (nSPS) is 21.1. The quantitative estimate of drug-likeness (QED) is 0.702. The van der Waals surface area contributed by atoms with Crippen molar-refractivity contribution in [2.75, 3.05) is 20.2 Å². The molecule has 1 N–H and O–H groups in total. The zero-order valence-corrected chi connectivity index (χ0v) is 17.5. The molecule has 0 saturated carbocycles. The van der Waals surface area contributed by atoms with Gasteiger partial charge in [-0.05, 0) is 49.9 Å². The molecule has 2 aromatic heterocycles. The number of hydrogen-bond acceptors (Lipinski definition) is 5. The van der Waals surface area contributed by atoms with Crippen LogP contribution in [0.1, 0.15) is 47.9 Å². The molecule has 0 bridgehead atoms. The van der Waals surface area contributed by atoms with Gasteiger partial charge >= 0.3 is 0 Å². The van der Waals surface area contributed by atoms with E-state index >= 15 is 0 Å². The van der Waals surface area contributed by atoms with Crippen LogP contribution >= 0.6 is 0 Å². The van der Waals surface area contributed by atoms with Crippen molar-refractivity contribution in [2.45, 2.75) is 37.8 Å². The van der Waals surface area contributed by atoms with Crippen LogP contribution in [0, 0.1) is 0 Å². The number of aromatic amines is 1. The fourth-order valence-electron chi connectivity index (χ4n) is 4.73. The Morgan fingerprint density at radius 3 is 2.81 bits per heavy atom. The van der Waals surface area contributed by atoms with Gasteiger partial charge in [-0.1, -0.05) is 6.07 Å². The third-order valence-electron chi connectivity index (χ3n) is 6.27. The Morgan fingerprint density at radius 2 is 1.97 bits per heavy atom. The lowest BCUT2D eigenvalue weighted by Crippen LogP contribution is -2.47. The van der Waals surface area contributed by atoms with Gasteiger partial charge in [0.15, 0.2) is 0 Å². The number of methoxy groups -OCH3 is 1. The van der Waals surface area contributed by atoms with Gasteiger partial charge in [0, 0.05) is 24.8 Å². The number of pyridine rings is 1. The number of H-pyrrole nitrogens is 1. The molecule has 31 heavy (non-hydrogen) atoms. The van der Waals surface area contributed by atoms with Crippen molar-refractivity contribution in [1.82, 2.24) is 24.8 Å². The number of likely N-dealkylation sites (tertiary alicyclic amines) is 2. The second kappa shape index (κ2) is 8.02. The van der Waals surface area contributed by atoms with Gasteiger partial charge in [0.05, 0.1) is 30.4 Å². The smallest absolute Gasteiger partial charge is 0.254 e. The van der Waals surface area contributed by atoms with Crippen molar-refractivity contribution >= 4 is 22.8 Å². The van der Waals surface area contributed by atoms with Crippen LogP contribution in [-0.2, 0) is 4.79 Å². The number of imidazole rings is 1. The van der Waals surface area contributed by atoms with E-state index in [1.165, 1.54) is 0 Å². The molecule has 0 radical (unpaired) electrons. The molecule has 0 aliphatic carbocycles. The molecule has 2 aliphatic rings. The molecule has 2 unspecified atom stereocenters. The molecule has 1 aromatic carbocycles. The Labute approximate surface area is 180 Å². The molecule has 2 amide bonds. The van der Waals surface area contributed by atoms with E-state index < -0.39 is 6.04 Å². The zero-order chi connectivity index (χ0) is 21.4. The first-order valence-corrected chi connectivity index (χ1v) is 10.7. The number of benzene rings is 1. The summed E-state index contributed by atoms with van der Waals surface area (Å²) in [4.78, 5) is 42.5. The number of amides is 2. The van der Waals surface area contributed by atoms with Gasteiger partial charge in [-0.2, -0.15) is 0 Å². The van der Waals surface area contributed by atoms with Gasteiger partial charge in [0.25, 0.3) is 5.91 Å². The van der Waals surface area contributed by atoms with Crippen LogP contribution in [0.3, 0.4) is 0 Å². The summed E-state index contributed by atoms with van der Waals surface area (Å²) in [6.45, 7) is 1.26. The van der Waals surface area contributed by atoms with Crippen molar-refractivity contribution in [3.8, 4) is 5.75 Å². The van der Waals surface area contributed by atoms with E-state index in [0.29, 0.717) is 30.8 Å². The van der Waals surface area contributed by atoms with Crippen molar-refractivity contribution < 1.29 is 14.3 Å². The van der Waals surface area contributed by atoms with E-state index in [1.54, 1.807) is 48.7 Å². The Hall–Kier alpha value is -3.42. The molecule has 8 heteroatoms. The number of rotatable bonds is 4. The number of nitrogens with one attached hydrogen (secondary N) is 1. The van der Waals surface area contributed by atoms with Crippen LogP contribution in [-0.4, -0.2) is 62.8 Å². The average Bonchev–Trinajstić information content (AvgIpc) is 3.56. The summed E-state index contributed by atoms with van der Waals surface area (Å²) in [5.41, 5.74) is 2.26. The molecule has 4 heterocycles. The number of hydrogen-bond donors (Lipinski definition) is 1. The standard InChI is InChI=1S/C23H25N5O3/c1-31-16-6-2-5-15(13-16)22(29)28-12-4-8-20(28)23(30)27-11-3-7-19(27)21-25-17-9-10-24-14-18(17)26-21/h2,5-6,9-10,13-14,19-20H,3-4,7-8,11-12H2,1H3,(H,25,26). The summed E-state index contributed by atoms with van der Waals surface area (Å²) in [6, 6.07) is 8.42. The van der Waals surface area contributed by atoms with E-state index in [2.05, 4.69) is 9.97 Å². The lowest BCUT2D eigenvalue weighted by atomic mass is 10.1. The molecule has 5 rings (SSSR count). The minimum absolute atomic E-state index is 0.00910. The molecule has 3 aromatic rings. The molecule has 2 atom stereocenters. The van der Waals surface area contributed by atoms with Crippen LogP contribution in [0.5, 0.6) is 5.75 Å². The maximum atomic E-state index is 13.6. The molecule has 8 nitrogen and oxygen atoms in total. The van der Waals surface area contributed by atoms with Crippen LogP contribution < -0.4 is 4.74 Å². The summed E-state index contributed by atoms with van der Waals surface area (Å²) in [7, 11) is 1.58. The lowest BCUT2D eigenvalue weighted by Gasteiger charge is -2.31. The fraction of sp³-hybridized carbons (Fsp3) is 0.391. The summed E-state index contributed by atoms with van der Waals surface area (Å²) >= 11 is 0. The second-order valence-corrected chi connectivity index (χ2v) is 8.09. The first-order chi connectivity index (χ1) is 15.2. The average molecular weight is 419 g/mol. The molecule has 2 aliphatic heterocycles. The molecule has 160 valence electrons. The van der Waals surface area contributed by atoms with E-state index in [0.717, 1.165) is 36.1 Å². The highest BCUT2D eigenvalue weighted by Gasteiger charge is 2.41. The van der Waals surface area contributed by atoms with E-state index in [1.807, 2.05) is 11.0 Å². The van der Waals surface area contributed by atoms with E-state index in [-0.39, 0.29) is 17.9 Å². The molecule has 0 spiro atoms. The molecular weight excluding hydrogens is 394 g/mol. The third kappa shape index (κ3) is 3.52. The number of ether oxygens (including phenoxy) is 1. The minimum Gasteiger partial charge on any atom is -0.497 e. The Kier molecular flexibility index (Phi) is 5.05. The largest absolute Gasteiger partial charge is 0.497 e. The zero-order valence-electron chi connectivity index (χ0n) is 17.5. The number of carbonyl (C=O) groups is 2. The van der Waals surface area contributed by atoms with Crippen LogP contribution in [0.15, 0.2) is 42.7 Å². The summed E-state index contributed by atoms with van der Waals surface area (Å²) in [5.74, 6) is 1.31. The predicted molar refractivity (Wildman–Crippen MR) is 115 cm³/mol. The summed E-state index contributed by atoms with van der Waals surface area (Å²) < 4.78 is 5.25. The highest BCUT2D eigenvalue weighted by Crippen LogP contribution is 2.34. The van der Waals surface area contributed by atoms with Crippen molar-refractivity contribution in [3.05, 3.63) is 54.1 Å². The van der Waals surface area contributed by atoms with Gasteiger partial charge < -0.3 is 19.5 Å². The number of nitrogens with zero attached hydrogens (tertiary/aromatic N) is 4. The van der Waals surface area contributed by atoms with Gasteiger partial charge in [0.1, 0.15) is 17.6 Å². The number of aromatic nitrogens is 3. The molecule has 2 fully saturated rings. The van der Waals surface area contributed by atoms with Crippen LogP contribution in [0.25, 0.3) is 11.0 Å². The van der Waals surface area contributed by atoms with E-state index in [9.17, 15) is 9.59 Å². The Bertz CT molecular complexity index is 1090. The molecular formula is C23H25N5O3.